The summed E-state index contributed by atoms with van der Waals surface area (Å²) in [6, 6.07) is 4.39. The highest BCUT2D eigenvalue weighted by Crippen LogP contribution is 2.27. The van der Waals surface area contributed by atoms with Crippen molar-refractivity contribution in [3.63, 3.8) is 0 Å². The summed E-state index contributed by atoms with van der Waals surface area (Å²) in [5.41, 5.74) is 5.89. The maximum atomic E-state index is 13.8. The number of benzene rings is 1. The molecule has 1 aliphatic rings. The number of nitrogens with zero attached hydrogens (tertiary/aromatic N) is 1. The van der Waals surface area contributed by atoms with E-state index in [-0.39, 0.29) is 18.0 Å². The second-order valence-corrected chi connectivity index (χ2v) is 5.18. The van der Waals surface area contributed by atoms with Crippen molar-refractivity contribution in [2.24, 2.45) is 11.7 Å². The molecule has 4 heteroatoms. The summed E-state index contributed by atoms with van der Waals surface area (Å²) in [7, 11) is 1.76. The average molecular weight is 274 g/mol. The number of halogens is 1. The average Bonchev–Trinajstić information content (AvgIpc) is 2.40. The van der Waals surface area contributed by atoms with Gasteiger partial charge in [-0.2, -0.15) is 0 Å². The second-order valence-electron chi connectivity index (χ2n) is 5.18. The Bertz CT molecular complexity index is 555. The lowest BCUT2D eigenvalue weighted by Gasteiger charge is -2.30. The van der Waals surface area contributed by atoms with E-state index in [4.69, 9.17) is 5.73 Å². The molecular formula is C16H19FN2O. The lowest BCUT2D eigenvalue weighted by atomic mass is 9.85. The van der Waals surface area contributed by atoms with E-state index in [0.29, 0.717) is 11.5 Å². The van der Waals surface area contributed by atoms with Crippen LogP contribution in [0.2, 0.25) is 0 Å². The summed E-state index contributed by atoms with van der Waals surface area (Å²) in [5.74, 6) is 5.22. The molecule has 1 aromatic rings. The van der Waals surface area contributed by atoms with E-state index in [1.165, 1.54) is 31.4 Å². The minimum atomic E-state index is -0.478. The maximum Gasteiger partial charge on any atom is 0.253 e. The number of hydrogen-bond donors (Lipinski definition) is 1. The van der Waals surface area contributed by atoms with Crippen LogP contribution in [0.25, 0.3) is 0 Å². The van der Waals surface area contributed by atoms with Gasteiger partial charge in [-0.25, -0.2) is 4.39 Å². The molecule has 0 bridgehead atoms. The topological polar surface area (TPSA) is 46.3 Å². The molecule has 0 saturated heterocycles. The van der Waals surface area contributed by atoms with Crippen LogP contribution in [0, 0.1) is 23.6 Å². The van der Waals surface area contributed by atoms with Gasteiger partial charge in [0.25, 0.3) is 5.91 Å². The lowest BCUT2D eigenvalue weighted by Crippen LogP contribution is -2.34. The molecule has 0 aromatic heterocycles. The summed E-state index contributed by atoms with van der Waals surface area (Å²) in [5, 5.41) is 0. The summed E-state index contributed by atoms with van der Waals surface area (Å²) < 4.78 is 13.8. The smallest absolute Gasteiger partial charge is 0.253 e. The van der Waals surface area contributed by atoms with Crippen LogP contribution < -0.4 is 5.73 Å². The minimum absolute atomic E-state index is 0.144. The van der Waals surface area contributed by atoms with Crippen LogP contribution >= 0.6 is 0 Å². The number of carbonyl (C=O) groups excluding carboxylic acids is 1. The Kier molecular flexibility index (Phi) is 4.75. The number of rotatable bonds is 3. The van der Waals surface area contributed by atoms with E-state index in [0.717, 1.165) is 6.54 Å². The SMILES string of the molecule is CN(CC1CCC1)C(=O)c1ccc(C#CCN)c(F)c1. The molecular weight excluding hydrogens is 255 g/mol. The fraction of sp³-hybridized carbons (Fsp3) is 0.438. The van der Waals surface area contributed by atoms with Crippen LogP contribution in [0.1, 0.15) is 35.2 Å². The molecule has 0 heterocycles. The third-order valence-electron chi connectivity index (χ3n) is 3.64. The van der Waals surface area contributed by atoms with E-state index in [9.17, 15) is 9.18 Å². The Morgan fingerprint density at radius 1 is 1.50 bits per heavy atom. The van der Waals surface area contributed by atoms with E-state index in [1.54, 1.807) is 18.0 Å². The van der Waals surface area contributed by atoms with Gasteiger partial charge in [0.1, 0.15) is 5.82 Å². The predicted octanol–water partition coefficient (Wildman–Crippen LogP) is 2.01. The molecule has 1 saturated carbocycles. The maximum absolute atomic E-state index is 13.8. The van der Waals surface area contributed by atoms with Gasteiger partial charge in [0, 0.05) is 19.2 Å². The lowest BCUT2D eigenvalue weighted by molar-refractivity contribution is 0.0744. The third-order valence-corrected chi connectivity index (χ3v) is 3.64. The van der Waals surface area contributed by atoms with E-state index >= 15 is 0 Å². The fourth-order valence-corrected chi connectivity index (χ4v) is 2.26. The van der Waals surface area contributed by atoms with Crippen molar-refractivity contribution in [3.05, 3.63) is 35.1 Å². The molecule has 2 N–H and O–H groups in total. The molecule has 0 spiro atoms. The summed E-state index contributed by atoms with van der Waals surface area (Å²) in [6.45, 7) is 0.930. The van der Waals surface area contributed by atoms with Crippen LogP contribution in [0.5, 0.6) is 0 Å². The quantitative estimate of drug-likeness (QED) is 0.857. The molecule has 0 aliphatic heterocycles. The Morgan fingerprint density at radius 2 is 2.25 bits per heavy atom. The largest absolute Gasteiger partial charge is 0.341 e. The highest BCUT2D eigenvalue weighted by atomic mass is 19.1. The normalized spacial score (nSPS) is 14.2. The standard InChI is InChI=1S/C16H19FN2O/c1-19(11-12-4-2-5-12)16(20)14-8-7-13(6-3-9-18)15(17)10-14/h7-8,10,12H,2,4-5,9,11,18H2,1H3. The minimum Gasteiger partial charge on any atom is -0.341 e. The number of nitrogens with two attached hydrogens (primary N) is 1. The van der Waals surface area contributed by atoms with Gasteiger partial charge in [-0.3, -0.25) is 4.79 Å². The van der Waals surface area contributed by atoms with Crippen molar-refractivity contribution in [2.45, 2.75) is 19.3 Å². The van der Waals surface area contributed by atoms with Crippen LogP contribution in [-0.2, 0) is 0 Å². The first-order valence-corrected chi connectivity index (χ1v) is 6.85. The predicted molar refractivity (Wildman–Crippen MR) is 76.6 cm³/mol. The van der Waals surface area contributed by atoms with Crippen molar-refractivity contribution in [1.29, 1.82) is 0 Å². The monoisotopic (exact) mass is 274 g/mol. The highest BCUT2D eigenvalue weighted by molar-refractivity contribution is 5.94. The van der Waals surface area contributed by atoms with Crippen molar-refractivity contribution in [3.8, 4) is 11.8 Å². The molecule has 1 amide bonds. The van der Waals surface area contributed by atoms with Gasteiger partial charge in [-0.1, -0.05) is 18.3 Å². The number of amides is 1. The zero-order valence-corrected chi connectivity index (χ0v) is 11.7. The van der Waals surface area contributed by atoms with Crippen LogP contribution in [0.4, 0.5) is 4.39 Å². The first kappa shape index (κ1) is 14.5. The molecule has 0 radical (unpaired) electrons. The molecule has 106 valence electrons. The summed E-state index contributed by atoms with van der Waals surface area (Å²) in [6.07, 6.45) is 3.61. The van der Waals surface area contributed by atoms with E-state index < -0.39 is 5.82 Å². The molecule has 0 unspecified atom stereocenters. The summed E-state index contributed by atoms with van der Waals surface area (Å²) >= 11 is 0. The Labute approximate surface area is 119 Å². The van der Waals surface area contributed by atoms with Gasteiger partial charge in [0.15, 0.2) is 0 Å². The Balaban J connectivity index is 2.07. The van der Waals surface area contributed by atoms with Gasteiger partial charge in [-0.05, 0) is 37.0 Å². The van der Waals surface area contributed by atoms with Crippen molar-refractivity contribution >= 4 is 5.91 Å². The van der Waals surface area contributed by atoms with Gasteiger partial charge < -0.3 is 10.6 Å². The van der Waals surface area contributed by atoms with E-state index in [1.807, 2.05) is 0 Å². The zero-order valence-electron chi connectivity index (χ0n) is 11.7. The molecule has 1 aliphatic carbocycles. The molecule has 20 heavy (non-hydrogen) atoms. The number of hydrogen-bond acceptors (Lipinski definition) is 2. The second kappa shape index (κ2) is 6.53. The van der Waals surface area contributed by atoms with Gasteiger partial charge in [0.05, 0.1) is 12.1 Å². The zero-order chi connectivity index (χ0) is 14.5. The van der Waals surface area contributed by atoms with E-state index in [2.05, 4.69) is 11.8 Å². The van der Waals surface area contributed by atoms with Crippen LogP contribution in [-0.4, -0.2) is 30.9 Å². The summed E-state index contributed by atoms with van der Waals surface area (Å²) in [4.78, 5) is 13.9. The van der Waals surface area contributed by atoms with Crippen LogP contribution in [0.3, 0.4) is 0 Å². The highest BCUT2D eigenvalue weighted by Gasteiger charge is 2.22. The molecule has 1 fully saturated rings. The molecule has 2 rings (SSSR count). The molecule has 3 nitrogen and oxygen atoms in total. The van der Waals surface area contributed by atoms with Gasteiger partial charge >= 0.3 is 0 Å². The first-order valence-electron chi connectivity index (χ1n) is 6.85. The third kappa shape index (κ3) is 3.37. The number of carbonyl (C=O) groups is 1. The Hall–Kier alpha value is -1.86. The van der Waals surface area contributed by atoms with Gasteiger partial charge in [-0.15, -0.1) is 0 Å². The fourth-order valence-electron chi connectivity index (χ4n) is 2.26. The molecule has 0 atom stereocenters. The van der Waals surface area contributed by atoms with Crippen LogP contribution in [0.15, 0.2) is 18.2 Å². The van der Waals surface area contributed by atoms with Crippen molar-refractivity contribution in [2.75, 3.05) is 20.1 Å². The van der Waals surface area contributed by atoms with Crippen molar-refractivity contribution < 1.29 is 9.18 Å². The molecule has 1 aromatic carbocycles. The van der Waals surface area contributed by atoms with Gasteiger partial charge in [0.2, 0.25) is 0 Å². The first-order chi connectivity index (χ1) is 9.61. The Morgan fingerprint density at radius 3 is 2.80 bits per heavy atom. The van der Waals surface area contributed by atoms with Crippen molar-refractivity contribution in [1.82, 2.24) is 4.90 Å².